The van der Waals surface area contributed by atoms with E-state index in [1.165, 1.54) is 6.20 Å². The van der Waals surface area contributed by atoms with E-state index >= 15 is 0 Å². The lowest BCUT2D eigenvalue weighted by atomic mass is 9.96. The largest absolute Gasteiger partial charge is 0.507 e. The average Bonchev–Trinajstić information content (AvgIpc) is 3.59. The van der Waals surface area contributed by atoms with Crippen molar-refractivity contribution in [3.63, 3.8) is 0 Å². The van der Waals surface area contributed by atoms with Gasteiger partial charge in [0, 0.05) is 16.0 Å². The zero-order chi connectivity index (χ0) is 24.5. The van der Waals surface area contributed by atoms with Gasteiger partial charge in [0.25, 0.3) is 5.91 Å². The number of carbonyl (C=O) groups is 1. The number of oxazole rings is 1. The number of nitrogens with zero attached hydrogens (tertiary/aromatic N) is 1. The molecular weight excluding hydrogens is 468 g/mol. The van der Waals surface area contributed by atoms with E-state index in [4.69, 9.17) is 4.42 Å². The van der Waals surface area contributed by atoms with Crippen LogP contribution in [0.3, 0.4) is 0 Å². The van der Waals surface area contributed by atoms with Crippen molar-refractivity contribution < 1.29 is 14.3 Å². The number of fused-ring (bicyclic) bond motifs is 1. The van der Waals surface area contributed by atoms with Gasteiger partial charge in [0.1, 0.15) is 5.75 Å². The van der Waals surface area contributed by atoms with E-state index < -0.39 is 0 Å². The van der Waals surface area contributed by atoms with E-state index in [0.717, 1.165) is 37.9 Å². The van der Waals surface area contributed by atoms with Gasteiger partial charge < -0.3 is 9.52 Å². The van der Waals surface area contributed by atoms with Gasteiger partial charge in [-0.3, -0.25) is 10.1 Å². The van der Waals surface area contributed by atoms with Crippen molar-refractivity contribution in [2.75, 3.05) is 5.32 Å². The minimum absolute atomic E-state index is 0.253. The molecule has 0 spiro atoms. The number of phenolic OH excluding ortho intramolecular Hbond substituents is 1. The molecule has 0 bridgehead atoms. The van der Waals surface area contributed by atoms with Gasteiger partial charge in [0.15, 0.2) is 0 Å². The molecule has 1 amide bonds. The second-order valence-electron chi connectivity index (χ2n) is 8.27. The summed E-state index contributed by atoms with van der Waals surface area (Å²) in [6.07, 6.45) is 1.52. The number of benzene rings is 4. The molecule has 0 aliphatic rings. The van der Waals surface area contributed by atoms with Crippen LogP contribution in [0.5, 0.6) is 5.75 Å². The lowest BCUT2D eigenvalue weighted by Crippen LogP contribution is -2.10. The number of hydrogen-bond acceptors (Lipinski definition) is 5. The lowest BCUT2D eigenvalue weighted by Gasteiger charge is -2.10. The third-order valence-electron chi connectivity index (χ3n) is 6.02. The minimum atomic E-state index is -0.254. The van der Waals surface area contributed by atoms with E-state index in [1.54, 1.807) is 29.5 Å². The predicted octanol–water partition coefficient (Wildman–Crippen LogP) is 7.85. The van der Waals surface area contributed by atoms with Crippen molar-refractivity contribution in [3.8, 4) is 38.8 Å². The van der Waals surface area contributed by atoms with Crippen molar-refractivity contribution in [1.82, 2.24) is 4.98 Å². The first kappa shape index (κ1) is 21.8. The Bertz CT molecular complexity index is 1690. The fourth-order valence-electron chi connectivity index (χ4n) is 4.28. The summed E-state index contributed by atoms with van der Waals surface area (Å²) in [5.74, 6) is 0.724. The lowest BCUT2D eigenvalue weighted by molar-refractivity contribution is 0.102. The first-order valence-electron chi connectivity index (χ1n) is 11.4. The van der Waals surface area contributed by atoms with Crippen LogP contribution in [0.25, 0.3) is 43.8 Å². The predicted molar refractivity (Wildman–Crippen MR) is 144 cm³/mol. The molecule has 0 fully saturated rings. The van der Waals surface area contributed by atoms with Crippen LogP contribution in [0, 0.1) is 0 Å². The van der Waals surface area contributed by atoms with Gasteiger partial charge in [-0.05, 0) is 51.5 Å². The van der Waals surface area contributed by atoms with E-state index in [0.29, 0.717) is 11.5 Å². The molecule has 0 radical (unpaired) electrons. The Kier molecular flexibility index (Phi) is 5.56. The van der Waals surface area contributed by atoms with Crippen molar-refractivity contribution in [2.24, 2.45) is 0 Å². The standard InChI is InChI=1S/C30H20N2O3S/c33-25-15-14-19-6-4-5-9-23(19)27(25)20-10-12-21(13-11-20)28-24(16-17-36-28)30-31-18-26(35-30)32-29(34)22-7-2-1-3-8-22/h1-18,33H,(H,32,34). The molecule has 5 nitrogen and oxygen atoms in total. The van der Waals surface area contributed by atoms with Gasteiger partial charge in [-0.1, -0.05) is 72.8 Å². The number of anilines is 1. The number of rotatable bonds is 5. The maximum absolute atomic E-state index is 12.4. The molecule has 0 unspecified atom stereocenters. The van der Waals surface area contributed by atoms with Crippen molar-refractivity contribution in [3.05, 3.63) is 114 Å². The van der Waals surface area contributed by atoms with Crippen molar-refractivity contribution in [2.45, 2.75) is 0 Å². The van der Waals surface area contributed by atoms with E-state index in [9.17, 15) is 9.90 Å². The quantitative estimate of drug-likeness (QED) is 0.259. The minimum Gasteiger partial charge on any atom is -0.507 e. The maximum Gasteiger partial charge on any atom is 0.258 e. The molecule has 6 heteroatoms. The Morgan fingerprint density at radius 3 is 2.42 bits per heavy atom. The maximum atomic E-state index is 12.4. The van der Waals surface area contributed by atoms with Crippen LogP contribution in [-0.4, -0.2) is 16.0 Å². The van der Waals surface area contributed by atoms with Gasteiger partial charge in [-0.2, -0.15) is 0 Å². The molecule has 0 atom stereocenters. The molecule has 2 aromatic heterocycles. The van der Waals surface area contributed by atoms with Crippen LogP contribution in [-0.2, 0) is 0 Å². The van der Waals surface area contributed by atoms with Crippen molar-refractivity contribution >= 4 is 33.9 Å². The zero-order valence-corrected chi connectivity index (χ0v) is 19.8. The number of carbonyl (C=O) groups excluding carboxylic acids is 1. The fourth-order valence-corrected chi connectivity index (χ4v) is 5.18. The van der Waals surface area contributed by atoms with Gasteiger partial charge >= 0.3 is 0 Å². The third-order valence-corrected chi connectivity index (χ3v) is 6.98. The van der Waals surface area contributed by atoms with E-state index in [-0.39, 0.29) is 17.5 Å². The Labute approximate surface area is 211 Å². The highest BCUT2D eigenvalue weighted by atomic mass is 32.1. The van der Waals surface area contributed by atoms with Gasteiger partial charge in [0.2, 0.25) is 11.8 Å². The van der Waals surface area contributed by atoms with Crippen LogP contribution in [0.2, 0.25) is 0 Å². The van der Waals surface area contributed by atoms with E-state index in [2.05, 4.69) is 10.3 Å². The highest BCUT2D eigenvalue weighted by Crippen LogP contribution is 2.40. The summed E-state index contributed by atoms with van der Waals surface area (Å²) >= 11 is 1.59. The Balaban J connectivity index is 1.28. The number of hydrogen-bond donors (Lipinski definition) is 2. The highest BCUT2D eigenvalue weighted by molar-refractivity contribution is 7.14. The average molecular weight is 489 g/mol. The first-order valence-corrected chi connectivity index (χ1v) is 12.3. The number of thiophene rings is 1. The molecule has 4 aromatic carbocycles. The fraction of sp³-hybridized carbons (Fsp3) is 0. The molecule has 0 saturated carbocycles. The van der Waals surface area contributed by atoms with Crippen LogP contribution in [0.15, 0.2) is 113 Å². The van der Waals surface area contributed by atoms with Crippen molar-refractivity contribution in [1.29, 1.82) is 0 Å². The second-order valence-corrected chi connectivity index (χ2v) is 9.19. The topological polar surface area (TPSA) is 75.4 Å². The summed E-state index contributed by atoms with van der Waals surface area (Å²) in [4.78, 5) is 17.8. The van der Waals surface area contributed by atoms with Crippen LogP contribution < -0.4 is 5.32 Å². The Morgan fingerprint density at radius 2 is 1.58 bits per heavy atom. The number of aromatic hydroxyl groups is 1. The monoisotopic (exact) mass is 488 g/mol. The first-order chi connectivity index (χ1) is 17.7. The van der Waals surface area contributed by atoms with Crippen LogP contribution in [0.4, 0.5) is 5.88 Å². The molecule has 36 heavy (non-hydrogen) atoms. The molecule has 6 rings (SSSR count). The molecule has 2 N–H and O–H groups in total. The Hall–Kier alpha value is -4.68. The van der Waals surface area contributed by atoms with Gasteiger partial charge in [-0.25, -0.2) is 4.98 Å². The summed E-state index contributed by atoms with van der Waals surface area (Å²) in [5.41, 5.74) is 4.16. The molecule has 0 aliphatic carbocycles. The molecule has 174 valence electrons. The molecule has 0 saturated heterocycles. The summed E-state index contributed by atoms with van der Waals surface area (Å²) < 4.78 is 5.87. The summed E-state index contributed by atoms with van der Waals surface area (Å²) in [5, 5.41) is 17.4. The third kappa shape index (κ3) is 4.04. The summed E-state index contributed by atoms with van der Waals surface area (Å²) in [6.45, 7) is 0. The molecule has 2 heterocycles. The number of phenols is 1. The van der Waals surface area contributed by atoms with Gasteiger partial charge in [0.05, 0.1) is 11.8 Å². The normalized spacial score (nSPS) is 11.0. The second kappa shape index (κ2) is 9.17. The van der Waals surface area contributed by atoms with E-state index in [1.807, 2.05) is 84.2 Å². The number of amides is 1. The summed E-state index contributed by atoms with van der Waals surface area (Å²) in [7, 11) is 0. The zero-order valence-electron chi connectivity index (χ0n) is 19.0. The number of aromatic nitrogens is 1. The molecule has 0 aliphatic heterocycles. The smallest absolute Gasteiger partial charge is 0.258 e. The Morgan fingerprint density at radius 1 is 0.833 bits per heavy atom. The van der Waals surface area contributed by atoms with Gasteiger partial charge in [-0.15, -0.1) is 11.3 Å². The van der Waals surface area contributed by atoms with Crippen LogP contribution in [0.1, 0.15) is 10.4 Å². The molecular formula is C30H20N2O3S. The summed E-state index contributed by atoms with van der Waals surface area (Å²) in [6, 6.07) is 30.7. The number of nitrogens with one attached hydrogen (secondary N) is 1. The van der Waals surface area contributed by atoms with Crippen LogP contribution >= 0.6 is 11.3 Å². The molecule has 6 aromatic rings. The SMILES string of the molecule is O=C(Nc1cnc(-c2ccsc2-c2ccc(-c3c(O)ccc4ccccc34)cc2)o1)c1ccccc1. The highest BCUT2D eigenvalue weighted by Gasteiger charge is 2.17.